The van der Waals surface area contributed by atoms with Gasteiger partial charge in [0, 0.05) is 62.7 Å². The lowest BCUT2D eigenvalue weighted by Crippen LogP contribution is -2.25. The maximum Gasteiger partial charge on any atom is 0.257 e. The van der Waals surface area contributed by atoms with Gasteiger partial charge in [-0.05, 0) is 49.2 Å². The van der Waals surface area contributed by atoms with E-state index in [1.54, 1.807) is 30.5 Å². The highest BCUT2D eigenvalue weighted by Gasteiger charge is 2.24. The van der Waals surface area contributed by atoms with Crippen molar-refractivity contribution in [3.63, 3.8) is 0 Å². The van der Waals surface area contributed by atoms with Crippen molar-refractivity contribution in [2.45, 2.75) is 17.7 Å². The van der Waals surface area contributed by atoms with Crippen LogP contribution in [0.15, 0.2) is 72.0 Å². The van der Waals surface area contributed by atoms with E-state index in [2.05, 4.69) is 20.2 Å². The van der Waals surface area contributed by atoms with Crippen LogP contribution < -0.4 is 10.2 Å². The summed E-state index contributed by atoms with van der Waals surface area (Å²) in [6.45, 7) is 1.67. The predicted octanol–water partition coefficient (Wildman–Crippen LogP) is 3.50. The average molecular weight is 491 g/mol. The van der Waals surface area contributed by atoms with Crippen molar-refractivity contribution in [3.05, 3.63) is 72.7 Å². The summed E-state index contributed by atoms with van der Waals surface area (Å²) in [6, 6.07) is 14.0. The van der Waals surface area contributed by atoms with Crippen LogP contribution in [-0.2, 0) is 10.0 Å². The van der Waals surface area contributed by atoms with Crippen LogP contribution in [0, 0.1) is 0 Å². The molecule has 9 nitrogen and oxygen atoms in total. The van der Waals surface area contributed by atoms with Gasteiger partial charge in [-0.25, -0.2) is 22.7 Å². The average Bonchev–Trinajstić information content (AvgIpc) is 3.54. The Hall–Kier alpha value is -3.76. The fraction of sp³-hybridized carbons (Fsp3) is 0.240. The number of fused-ring (bicyclic) bond motifs is 1. The van der Waals surface area contributed by atoms with E-state index in [1.807, 2.05) is 35.0 Å². The Labute approximate surface area is 204 Å². The molecule has 1 amide bonds. The second kappa shape index (κ2) is 9.12. The van der Waals surface area contributed by atoms with Gasteiger partial charge >= 0.3 is 0 Å². The molecule has 3 heterocycles. The minimum Gasteiger partial charge on any atom is -0.371 e. The SMILES string of the molecule is CN(C)S(=O)(=O)c1ccc(N2CCCC2)c(C(=O)Nc2ccc(-c3cn4cccnc4n3)cc2)c1. The summed E-state index contributed by atoms with van der Waals surface area (Å²) < 4.78 is 28.4. The molecule has 2 aromatic heterocycles. The van der Waals surface area contributed by atoms with E-state index in [4.69, 9.17) is 0 Å². The second-order valence-corrected chi connectivity index (χ2v) is 10.8. The zero-order chi connectivity index (χ0) is 24.6. The first-order valence-corrected chi connectivity index (χ1v) is 12.8. The minimum atomic E-state index is -3.67. The minimum absolute atomic E-state index is 0.0893. The highest BCUT2D eigenvalue weighted by molar-refractivity contribution is 7.89. The molecule has 35 heavy (non-hydrogen) atoms. The molecule has 4 aromatic rings. The van der Waals surface area contributed by atoms with Gasteiger partial charge in [-0.2, -0.15) is 0 Å². The first-order valence-electron chi connectivity index (χ1n) is 11.4. The smallest absolute Gasteiger partial charge is 0.257 e. The van der Waals surface area contributed by atoms with E-state index >= 15 is 0 Å². The summed E-state index contributed by atoms with van der Waals surface area (Å²) in [6.07, 6.45) is 7.56. The standard InChI is InChI=1S/C25H26N6O3S/c1-29(2)35(33,34)20-10-11-23(30-13-3-4-14-30)21(16-20)24(32)27-19-8-6-18(7-9-19)22-17-31-15-5-12-26-25(31)28-22/h5-12,15-17H,3-4,13-14H2,1-2H3,(H,27,32). The lowest BCUT2D eigenvalue weighted by atomic mass is 10.1. The van der Waals surface area contributed by atoms with Crippen molar-refractivity contribution in [1.29, 1.82) is 0 Å². The molecule has 2 aromatic carbocycles. The van der Waals surface area contributed by atoms with Crippen molar-refractivity contribution in [2.24, 2.45) is 0 Å². The molecule has 0 atom stereocenters. The molecule has 0 radical (unpaired) electrons. The number of hydrogen-bond donors (Lipinski definition) is 1. The highest BCUT2D eigenvalue weighted by Crippen LogP contribution is 2.29. The van der Waals surface area contributed by atoms with Gasteiger partial charge in [-0.3, -0.25) is 9.20 Å². The number of rotatable bonds is 6. The number of benzene rings is 2. The van der Waals surface area contributed by atoms with Gasteiger partial charge in [0.05, 0.1) is 16.2 Å². The van der Waals surface area contributed by atoms with Gasteiger partial charge in [0.2, 0.25) is 15.8 Å². The first kappa shape index (κ1) is 23.0. The molecule has 1 saturated heterocycles. The molecular weight excluding hydrogens is 464 g/mol. The number of nitrogens with one attached hydrogen (secondary N) is 1. The number of nitrogens with zero attached hydrogens (tertiary/aromatic N) is 5. The normalized spacial score (nSPS) is 14.1. The monoisotopic (exact) mass is 490 g/mol. The van der Waals surface area contributed by atoms with Crippen LogP contribution in [0.5, 0.6) is 0 Å². The third-order valence-corrected chi connectivity index (χ3v) is 7.92. The lowest BCUT2D eigenvalue weighted by molar-refractivity contribution is 0.102. The van der Waals surface area contributed by atoms with Gasteiger partial charge in [-0.15, -0.1) is 0 Å². The molecule has 0 saturated carbocycles. The molecule has 0 aliphatic carbocycles. The van der Waals surface area contributed by atoms with Gasteiger partial charge in [0.1, 0.15) is 0 Å². The molecule has 5 rings (SSSR count). The van der Waals surface area contributed by atoms with Gasteiger partial charge in [-0.1, -0.05) is 12.1 Å². The van der Waals surface area contributed by atoms with Crippen LogP contribution >= 0.6 is 0 Å². The zero-order valence-corrected chi connectivity index (χ0v) is 20.4. The number of aromatic nitrogens is 3. The lowest BCUT2D eigenvalue weighted by Gasteiger charge is -2.22. The van der Waals surface area contributed by atoms with Gasteiger partial charge < -0.3 is 10.2 Å². The van der Waals surface area contributed by atoms with E-state index in [-0.39, 0.29) is 10.8 Å². The number of anilines is 2. The van der Waals surface area contributed by atoms with Crippen LogP contribution in [-0.4, -0.2) is 60.2 Å². The van der Waals surface area contributed by atoms with Crippen LogP contribution in [0.25, 0.3) is 17.0 Å². The largest absolute Gasteiger partial charge is 0.371 e. The van der Waals surface area contributed by atoms with E-state index in [1.165, 1.54) is 20.2 Å². The third kappa shape index (κ3) is 4.50. The Bertz CT molecular complexity index is 1460. The molecule has 0 unspecified atom stereocenters. The van der Waals surface area contributed by atoms with Gasteiger partial charge in [0.15, 0.2) is 0 Å². The van der Waals surface area contributed by atoms with Crippen LogP contribution in [0.3, 0.4) is 0 Å². The number of sulfonamides is 1. The van der Waals surface area contributed by atoms with E-state index in [0.29, 0.717) is 17.0 Å². The molecular formula is C25H26N6O3S. The molecule has 1 aliphatic rings. The van der Waals surface area contributed by atoms with Crippen molar-refractivity contribution in [3.8, 4) is 11.3 Å². The summed E-state index contributed by atoms with van der Waals surface area (Å²) in [7, 11) is -0.720. The van der Waals surface area contributed by atoms with Crippen LogP contribution in [0.2, 0.25) is 0 Å². The maximum atomic E-state index is 13.3. The Morgan fingerprint density at radius 1 is 1.06 bits per heavy atom. The molecule has 1 aliphatic heterocycles. The Morgan fingerprint density at radius 3 is 2.49 bits per heavy atom. The number of carbonyl (C=O) groups is 1. The molecule has 1 N–H and O–H groups in total. The van der Waals surface area contributed by atoms with E-state index in [0.717, 1.165) is 47.2 Å². The summed E-state index contributed by atoms with van der Waals surface area (Å²) in [5.74, 6) is 0.259. The predicted molar refractivity (Wildman–Crippen MR) is 135 cm³/mol. The maximum absolute atomic E-state index is 13.3. The van der Waals surface area contributed by atoms with Crippen molar-refractivity contribution in [2.75, 3.05) is 37.4 Å². The van der Waals surface area contributed by atoms with E-state index in [9.17, 15) is 13.2 Å². The molecule has 1 fully saturated rings. The zero-order valence-electron chi connectivity index (χ0n) is 19.5. The second-order valence-electron chi connectivity index (χ2n) is 8.65. The quantitative estimate of drug-likeness (QED) is 0.444. The summed E-state index contributed by atoms with van der Waals surface area (Å²) in [5.41, 5.74) is 3.36. The molecule has 0 spiro atoms. The van der Waals surface area contributed by atoms with E-state index < -0.39 is 10.0 Å². The van der Waals surface area contributed by atoms with Crippen LogP contribution in [0.1, 0.15) is 23.2 Å². The Morgan fingerprint density at radius 2 is 1.80 bits per heavy atom. The van der Waals surface area contributed by atoms with Crippen molar-refractivity contribution < 1.29 is 13.2 Å². The Kier molecular flexibility index (Phi) is 6.00. The molecule has 180 valence electrons. The molecule has 0 bridgehead atoms. The van der Waals surface area contributed by atoms with Crippen molar-refractivity contribution >= 4 is 33.1 Å². The number of amides is 1. The van der Waals surface area contributed by atoms with Gasteiger partial charge in [0.25, 0.3) is 5.91 Å². The summed E-state index contributed by atoms with van der Waals surface area (Å²) >= 11 is 0. The van der Waals surface area contributed by atoms with Crippen molar-refractivity contribution in [1.82, 2.24) is 18.7 Å². The number of carbonyl (C=O) groups excluding carboxylic acids is 1. The fourth-order valence-corrected chi connectivity index (χ4v) is 5.12. The number of imidazole rings is 1. The Balaban J connectivity index is 1.43. The topological polar surface area (TPSA) is 99.9 Å². The third-order valence-electron chi connectivity index (χ3n) is 6.11. The van der Waals surface area contributed by atoms with Crippen LogP contribution in [0.4, 0.5) is 11.4 Å². The highest BCUT2D eigenvalue weighted by atomic mass is 32.2. The summed E-state index contributed by atoms with van der Waals surface area (Å²) in [5, 5.41) is 2.92. The summed E-state index contributed by atoms with van der Waals surface area (Å²) in [4.78, 5) is 24.3. The first-order chi connectivity index (χ1) is 16.8. The number of hydrogen-bond acceptors (Lipinski definition) is 6. The molecule has 10 heteroatoms. The fourth-order valence-electron chi connectivity index (χ4n) is 4.19.